The molecule has 1 aromatic carbocycles. The summed E-state index contributed by atoms with van der Waals surface area (Å²) in [7, 11) is 0. The number of halogens is 1. The van der Waals surface area contributed by atoms with E-state index in [-0.39, 0.29) is 30.5 Å². The van der Waals surface area contributed by atoms with Crippen LogP contribution in [0.5, 0.6) is 0 Å². The summed E-state index contributed by atoms with van der Waals surface area (Å²) >= 11 is 4.78. The van der Waals surface area contributed by atoms with Gasteiger partial charge in [0.2, 0.25) is 5.91 Å². The Hall–Kier alpha value is -2.45. The van der Waals surface area contributed by atoms with Gasteiger partial charge in [0.15, 0.2) is 10.9 Å². The number of hydrogen-bond donors (Lipinski definition) is 2. The lowest BCUT2D eigenvalue weighted by atomic mass is 10.2. The van der Waals surface area contributed by atoms with Gasteiger partial charge in [-0.25, -0.2) is 4.98 Å². The van der Waals surface area contributed by atoms with Crippen molar-refractivity contribution in [2.75, 3.05) is 11.9 Å². The number of benzene rings is 1. The summed E-state index contributed by atoms with van der Waals surface area (Å²) in [5, 5.41) is 7.77. The van der Waals surface area contributed by atoms with Crippen molar-refractivity contribution in [2.45, 2.75) is 6.42 Å². The highest BCUT2D eigenvalue weighted by molar-refractivity contribution is 9.10. The maximum atomic E-state index is 12.0. The van der Waals surface area contributed by atoms with Crippen LogP contribution in [0.1, 0.15) is 17.0 Å². The van der Waals surface area contributed by atoms with Crippen LogP contribution in [0.25, 0.3) is 11.3 Å². The van der Waals surface area contributed by atoms with E-state index >= 15 is 0 Å². The fourth-order valence-electron chi connectivity index (χ4n) is 2.08. The minimum atomic E-state index is -0.344. The number of amides is 2. The minimum absolute atomic E-state index is 0.151. The van der Waals surface area contributed by atoms with Crippen molar-refractivity contribution in [1.82, 2.24) is 10.3 Å². The highest BCUT2D eigenvalue weighted by atomic mass is 79.9. The van der Waals surface area contributed by atoms with Crippen molar-refractivity contribution in [1.29, 1.82) is 0 Å². The van der Waals surface area contributed by atoms with Gasteiger partial charge < -0.3 is 15.1 Å². The average Bonchev–Trinajstić information content (AvgIpc) is 3.26. The van der Waals surface area contributed by atoms with Gasteiger partial charge in [-0.15, -0.1) is 11.3 Å². The molecule has 2 heterocycles. The number of nitrogens with one attached hydrogen (secondary N) is 2. The third-order valence-electron chi connectivity index (χ3n) is 3.25. The quantitative estimate of drug-likeness (QED) is 0.633. The maximum absolute atomic E-state index is 12.0. The van der Waals surface area contributed by atoms with Crippen LogP contribution >= 0.6 is 27.3 Å². The maximum Gasteiger partial charge on any atom is 0.286 e. The van der Waals surface area contributed by atoms with Gasteiger partial charge in [0.05, 0.1) is 12.0 Å². The monoisotopic (exact) mass is 419 g/mol. The lowest BCUT2D eigenvalue weighted by molar-refractivity contribution is -0.116. The summed E-state index contributed by atoms with van der Waals surface area (Å²) < 4.78 is 5.95. The van der Waals surface area contributed by atoms with Crippen LogP contribution in [-0.4, -0.2) is 23.3 Å². The Labute approximate surface area is 156 Å². The predicted molar refractivity (Wildman–Crippen MR) is 99.5 cm³/mol. The van der Waals surface area contributed by atoms with E-state index in [0.29, 0.717) is 5.13 Å². The zero-order valence-electron chi connectivity index (χ0n) is 13.0. The normalized spacial score (nSPS) is 10.4. The van der Waals surface area contributed by atoms with E-state index < -0.39 is 0 Å². The second-order valence-corrected chi connectivity index (χ2v) is 6.85. The molecule has 6 nitrogen and oxygen atoms in total. The summed E-state index contributed by atoms with van der Waals surface area (Å²) in [4.78, 5) is 28.0. The second-order valence-electron chi connectivity index (χ2n) is 5.08. The number of carbonyl (C=O) groups is 2. The Balaban J connectivity index is 1.49. The first-order valence-corrected chi connectivity index (χ1v) is 9.12. The first-order valence-electron chi connectivity index (χ1n) is 7.45. The van der Waals surface area contributed by atoms with Crippen LogP contribution in [0.15, 0.2) is 56.9 Å². The molecule has 2 N–H and O–H groups in total. The molecule has 0 spiro atoms. The van der Waals surface area contributed by atoms with Crippen LogP contribution in [0, 0.1) is 0 Å². The molecule has 0 bridgehead atoms. The van der Waals surface area contributed by atoms with Crippen molar-refractivity contribution < 1.29 is 14.0 Å². The summed E-state index contributed by atoms with van der Waals surface area (Å²) in [6, 6.07) is 11.0. The van der Waals surface area contributed by atoms with Crippen LogP contribution in [0.4, 0.5) is 5.13 Å². The number of anilines is 1. The molecule has 0 radical (unpaired) electrons. The molecule has 3 rings (SSSR count). The smallest absolute Gasteiger partial charge is 0.286 e. The van der Waals surface area contributed by atoms with E-state index in [1.807, 2.05) is 29.6 Å². The zero-order valence-corrected chi connectivity index (χ0v) is 15.4. The van der Waals surface area contributed by atoms with E-state index in [4.69, 9.17) is 4.42 Å². The van der Waals surface area contributed by atoms with Gasteiger partial charge in [-0.1, -0.05) is 28.1 Å². The van der Waals surface area contributed by atoms with Crippen LogP contribution < -0.4 is 10.6 Å². The third kappa shape index (κ3) is 4.77. The Morgan fingerprint density at radius 1 is 1.24 bits per heavy atom. The standard InChI is InChI=1S/C17H14BrN3O3S/c18-12-4-1-3-11(9-12)13-10-25-17(20-13)21-15(22)6-7-19-16(23)14-5-2-8-24-14/h1-5,8-10H,6-7H2,(H,19,23)(H,20,21,22). The first-order chi connectivity index (χ1) is 12.1. The van der Waals surface area contributed by atoms with Gasteiger partial charge in [-0.2, -0.15) is 0 Å². The Morgan fingerprint density at radius 2 is 2.12 bits per heavy atom. The Bertz CT molecular complexity index is 877. The van der Waals surface area contributed by atoms with Gasteiger partial charge in [0.1, 0.15) is 0 Å². The van der Waals surface area contributed by atoms with Crippen molar-refractivity contribution in [3.8, 4) is 11.3 Å². The van der Waals surface area contributed by atoms with E-state index in [2.05, 4.69) is 31.5 Å². The molecule has 0 saturated carbocycles. The number of aromatic nitrogens is 1. The summed E-state index contributed by atoms with van der Waals surface area (Å²) in [6.07, 6.45) is 1.57. The van der Waals surface area contributed by atoms with E-state index in [9.17, 15) is 9.59 Å². The molecule has 128 valence electrons. The number of nitrogens with zero attached hydrogens (tertiary/aromatic N) is 1. The van der Waals surface area contributed by atoms with Crippen molar-refractivity contribution in [3.63, 3.8) is 0 Å². The number of rotatable bonds is 6. The van der Waals surface area contributed by atoms with E-state index in [1.165, 1.54) is 17.6 Å². The molecular formula is C17H14BrN3O3S. The average molecular weight is 420 g/mol. The number of carbonyl (C=O) groups excluding carboxylic acids is 2. The van der Waals surface area contributed by atoms with Crippen LogP contribution in [0.2, 0.25) is 0 Å². The Kier molecular flexibility index (Phi) is 5.62. The van der Waals surface area contributed by atoms with Crippen LogP contribution in [0.3, 0.4) is 0 Å². The molecule has 0 unspecified atom stereocenters. The van der Waals surface area contributed by atoms with E-state index in [0.717, 1.165) is 15.7 Å². The molecule has 0 aliphatic carbocycles. The van der Waals surface area contributed by atoms with Crippen molar-refractivity contribution >= 4 is 44.2 Å². The topological polar surface area (TPSA) is 84.2 Å². The highest BCUT2D eigenvalue weighted by Crippen LogP contribution is 2.26. The largest absolute Gasteiger partial charge is 0.459 e. The second kappa shape index (κ2) is 8.09. The SMILES string of the molecule is O=C(CCNC(=O)c1ccco1)Nc1nc(-c2cccc(Br)c2)cs1. The number of hydrogen-bond acceptors (Lipinski definition) is 5. The van der Waals surface area contributed by atoms with Gasteiger partial charge in [-0.3, -0.25) is 9.59 Å². The van der Waals surface area contributed by atoms with E-state index in [1.54, 1.807) is 12.1 Å². The highest BCUT2D eigenvalue weighted by Gasteiger charge is 2.11. The lowest BCUT2D eigenvalue weighted by Gasteiger charge is -2.03. The number of furan rings is 1. The van der Waals surface area contributed by atoms with Crippen molar-refractivity contribution in [3.05, 3.63) is 58.3 Å². The molecule has 0 aliphatic rings. The van der Waals surface area contributed by atoms with Gasteiger partial charge in [0, 0.05) is 28.4 Å². The minimum Gasteiger partial charge on any atom is -0.459 e. The molecule has 25 heavy (non-hydrogen) atoms. The fraction of sp³-hybridized carbons (Fsp3) is 0.118. The third-order valence-corrected chi connectivity index (χ3v) is 4.50. The summed E-state index contributed by atoms with van der Waals surface area (Å²) in [6.45, 7) is 0.217. The van der Waals surface area contributed by atoms with Crippen molar-refractivity contribution in [2.24, 2.45) is 0 Å². The van der Waals surface area contributed by atoms with Crippen LogP contribution in [-0.2, 0) is 4.79 Å². The van der Waals surface area contributed by atoms with Gasteiger partial charge in [-0.05, 0) is 24.3 Å². The first kappa shape index (κ1) is 17.4. The lowest BCUT2D eigenvalue weighted by Crippen LogP contribution is -2.27. The molecule has 0 fully saturated rings. The summed E-state index contributed by atoms with van der Waals surface area (Å²) in [5.41, 5.74) is 1.77. The number of thiazole rings is 1. The molecule has 0 aliphatic heterocycles. The Morgan fingerprint density at radius 3 is 2.88 bits per heavy atom. The molecule has 0 atom stereocenters. The predicted octanol–water partition coefficient (Wildman–Crippen LogP) is 3.92. The fourth-order valence-corrected chi connectivity index (χ4v) is 3.21. The van der Waals surface area contributed by atoms with Gasteiger partial charge >= 0.3 is 0 Å². The molecule has 2 amide bonds. The molecule has 2 aromatic heterocycles. The molecule has 3 aromatic rings. The summed E-state index contributed by atoms with van der Waals surface area (Å²) in [5.74, 6) is -0.335. The zero-order chi connectivity index (χ0) is 17.6. The molecule has 0 saturated heterocycles. The van der Waals surface area contributed by atoms with Gasteiger partial charge in [0.25, 0.3) is 5.91 Å². The molecular weight excluding hydrogens is 406 g/mol. The molecule has 8 heteroatoms.